The van der Waals surface area contributed by atoms with Crippen molar-refractivity contribution in [2.24, 2.45) is 5.92 Å². The molecule has 2 rings (SSSR count). The molecular formula is C12H15N3O2S. The Hall–Kier alpha value is -1.56. The second-order valence-electron chi connectivity index (χ2n) is 4.32. The maximum atomic E-state index is 9.63. The van der Waals surface area contributed by atoms with E-state index in [1.165, 1.54) is 6.20 Å². The van der Waals surface area contributed by atoms with Crippen molar-refractivity contribution in [3.8, 4) is 17.2 Å². The Balaban J connectivity index is 2.04. The highest BCUT2D eigenvalue weighted by Gasteiger charge is 2.12. The molecule has 96 valence electrons. The quantitative estimate of drug-likeness (QED) is 0.896. The Labute approximate surface area is 110 Å². The van der Waals surface area contributed by atoms with E-state index in [9.17, 15) is 5.11 Å². The first-order chi connectivity index (χ1) is 8.66. The summed E-state index contributed by atoms with van der Waals surface area (Å²) in [5.74, 6) is 3.44. The van der Waals surface area contributed by atoms with Crippen LogP contribution in [-0.2, 0) is 5.75 Å². The highest BCUT2D eigenvalue weighted by molar-refractivity contribution is 7.98. The Kier molecular flexibility index (Phi) is 4.19. The zero-order valence-electron chi connectivity index (χ0n) is 10.3. The van der Waals surface area contributed by atoms with Crippen molar-refractivity contribution in [2.45, 2.75) is 19.6 Å². The topological polar surface area (TPSA) is 72.0 Å². The molecule has 0 aromatic carbocycles. The van der Waals surface area contributed by atoms with E-state index in [2.05, 4.69) is 29.0 Å². The number of hydrogen-bond acceptors (Lipinski definition) is 6. The van der Waals surface area contributed by atoms with E-state index in [1.54, 1.807) is 24.0 Å². The van der Waals surface area contributed by atoms with Gasteiger partial charge in [-0.2, -0.15) is 16.7 Å². The molecule has 1 N–H and O–H groups in total. The third-order valence-electron chi connectivity index (χ3n) is 2.18. The molecule has 18 heavy (non-hydrogen) atoms. The predicted molar refractivity (Wildman–Crippen MR) is 70.2 cm³/mol. The molecule has 0 aliphatic rings. The predicted octanol–water partition coefficient (Wildman–Crippen LogP) is 2.73. The van der Waals surface area contributed by atoms with Gasteiger partial charge in [-0.1, -0.05) is 19.0 Å². The van der Waals surface area contributed by atoms with Gasteiger partial charge in [0.1, 0.15) is 5.75 Å². The van der Waals surface area contributed by atoms with Crippen molar-refractivity contribution in [3.63, 3.8) is 0 Å². The summed E-state index contributed by atoms with van der Waals surface area (Å²) in [4.78, 5) is 8.05. The lowest BCUT2D eigenvalue weighted by Crippen LogP contribution is -1.92. The summed E-state index contributed by atoms with van der Waals surface area (Å²) >= 11 is 1.77. The number of hydrogen-bond donors (Lipinski definition) is 1. The van der Waals surface area contributed by atoms with Crippen molar-refractivity contribution in [1.82, 2.24) is 15.1 Å². The summed E-state index contributed by atoms with van der Waals surface area (Å²) in [7, 11) is 0. The minimum absolute atomic E-state index is 0.0440. The van der Waals surface area contributed by atoms with Gasteiger partial charge in [-0.05, 0) is 17.7 Å². The second kappa shape index (κ2) is 5.86. The molecule has 0 saturated heterocycles. The first-order valence-electron chi connectivity index (χ1n) is 5.70. The third-order valence-corrected chi connectivity index (χ3v) is 3.55. The second-order valence-corrected chi connectivity index (χ2v) is 5.35. The van der Waals surface area contributed by atoms with Gasteiger partial charge in [0, 0.05) is 6.20 Å². The van der Waals surface area contributed by atoms with E-state index in [0.29, 0.717) is 28.9 Å². The van der Waals surface area contributed by atoms with Gasteiger partial charge >= 0.3 is 0 Å². The van der Waals surface area contributed by atoms with Crippen LogP contribution in [0.2, 0.25) is 0 Å². The molecule has 0 bridgehead atoms. The van der Waals surface area contributed by atoms with Crippen LogP contribution >= 0.6 is 11.8 Å². The molecule has 0 radical (unpaired) electrons. The van der Waals surface area contributed by atoms with Crippen molar-refractivity contribution in [1.29, 1.82) is 0 Å². The Morgan fingerprint density at radius 1 is 1.44 bits per heavy atom. The maximum absolute atomic E-state index is 9.63. The normalized spacial score (nSPS) is 11.1. The molecule has 0 spiro atoms. The van der Waals surface area contributed by atoms with Crippen LogP contribution in [0.5, 0.6) is 5.75 Å². The van der Waals surface area contributed by atoms with E-state index in [-0.39, 0.29) is 5.75 Å². The van der Waals surface area contributed by atoms with E-state index in [0.717, 1.165) is 5.75 Å². The Morgan fingerprint density at radius 2 is 2.28 bits per heavy atom. The summed E-state index contributed by atoms with van der Waals surface area (Å²) in [6.07, 6.45) is 2.93. The SMILES string of the molecule is CC(C)CSCc1noc(-c2ccncc2O)n1. The lowest BCUT2D eigenvalue weighted by molar-refractivity contribution is 0.419. The van der Waals surface area contributed by atoms with Gasteiger partial charge in [0.05, 0.1) is 17.5 Å². The Morgan fingerprint density at radius 3 is 3.00 bits per heavy atom. The smallest absolute Gasteiger partial charge is 0.261 e. The van der Waals surface area contributed by atoms with Crippen LogP contribution in [0.25, 0.3) is 11.5 Å². The van der Waals surface area contributed by atoms with E-state index in [4.69, 9.17) is 4.52 Å². The van der Waals surface area contributed by atoms with Gasteiger partial charge in [0.2, 0.25) is 0 Å². The van der Waals surface area contributed by atoms with Gasteiger partial charge < -0.3 is 9.63 Å². The Bertz CT molecular complexity index is 514. The first-order valence-corrected chi connectivity index (χ1v) is 6.86. The number of rotatable bonds is 5. The van der Waals surface area contributed by atoms with Crippen LogP contribution in [0.4, 0.5) is 0 Å². The van der Waals surface area contributed by atoms with Gasteiger partial charge in [-0.15, -0.1) is 0 Å². The van der Waals surface area contributed by atoms with Crippen molar-refractivity contribution in [3.05, 3.63) is 24.3 Å². The fourth-order valence-electron chi connectivity index (χ4n) is 1.37. The minimum atomic E-state index is 0.0440. The molecule has 0 unspecified atom stereocenters. The fourth-order valence-corrected chi connectivity index (χ4v) is 2.26. The highest BCUT2D eigenvalue weighted by Crippen LogP contribution is 2.26. The van der Waals surface area contributed by atoms with E-state index < -0.39 is 0 Å². The van der Waals surface area contributed by atoms with Crippen molar-refractivity contribution in [2.75, 3.05) is 5.75 Å². The van der Waals surface area contributed by atoms with E-state index in [1.807, 2.05) is 0 Å². The molecule has 0 saturated carbocycles. The van der Waals surface area contributed by atoms with Crippen LogP contribution in [0.1, 0.15) is 19.7 Å². The van der Waals surface area contributed by atoms with Crippen LogP contribution < -0.4 is 0 Å². The van der Waals surface area contributed by atoms with Crippen LogP contribution in [0, 0.1) is 5.92 Å². The van der Waals surface area contributed by atoms with Gasteiger partial charge in [0.25, 0.3) is 5.89 Å². The van der Waals surface area contributed by atoms with Gasteiger partial charge in [-0.25, -0.2) is 0 Å². The summed E-state index contributed by atoms with van der Waals surface area (Å²) in [5.41, 5.74) is 0.512. The molecule has 2 aromatic rings. The van der Waals surface area contributed by atoms with Crippen molar-refractivity contribution < 1.29 is 9.63 Å². The summed E-state index contributed by atoms with van der Waals surface area (Å²) in [6.45, 7) is 4.34. The molecule has 0 fully saturated rings. The van der Waals surface area contributed by atoms with Gasteiger partial charge in [-0.3, -0.25) is 4.98 Å². The summed E-state index contributed by atoms with van der Waals surface area (Å²) < 4.78 is 5.13. The first kappa shape index (κ1) is 12.9. The van der Waals surface area contributed by atoms with Crippen LogP contribution in [0.15, 0.2) is 23.0 Å². The minimum Gasteiger partial charge on any atom is -0.505 e. The zero-order valence-corrected chi connectivity index (χ0v) is 11.1. The molecule has 2 heterocycles. The van der Waals surface area contributed by atoms with E-state index >= 15 is 0 Å². The van der Waals surface area contributed by atoms with Crippen LogP contribution in [-0.4, -0.2) is 26.0 Å². The lowest BCUT2D eigenvalue weighted by atomic mass is 10.2. The average molecular weight is 265 g/mol. The number of nitrogens with zero attached hydrogens (tertiary/aromatic N) is 3. The zero-order chi connectivity index (χ0) is 13.0. The number of aromatic nitrogens is 3. The monoisotopic (exact) mass is 265 g/mol. The van der Waals surface area contributed by atoms with Crippen LogP contribution in [0.3, 0.4) is 0 Å². The molecule has 0 atom stereocenters. The maximum Gasteiger partial charge on any atom is 0.261 e. The molecule has 5 nitrogen and oxygen atoms in total. The molecular weight excluding hydrogens is 250 g/mol. The molecule has 0 aliphatic carbocycles. The molecule has 6 heteroatoms. The standard InChI is InChI=1S/C12H15N3O2S/c1-8(2)6-18-7-11-14-12(17-15-11)9-3-4-13-5-10(9)16/h3-5,8,16H,6-7H2,1-2H3. The summed E-state index contributed by atoms with van der Waals surface area (Å²) in [6, 6.07) is 1.65. The lowest BCUT2D eigenvalue weighted by Gasteiger charge is -2.00. The molecule has 0 aliphatic heterocycles. The highest BCUT2D eigenvalue weighted by atomic mass is 32.2. The fraction of sp³-hybridized carbons (Fsp3) is 0.417. The molecule has 2 aromatic heterocycles. The van der Waals surface area contributed by atoms with Crippen molar-refractivity contribution >= 4 is 11.8 Å². The number of aromatic hydroxyl groups is 1. The third kappa shape index (κ3) is 3.22. The summed E-state index contributed by atoms with van der Waals surface area (Å²) in [5, 5.41) is 13.5. The molecule has 0 amide bonds. The number of pyridine rings is 1. The van der Waals surface area contributed by atoms with Gasteiger partial charge in [0.15, 0.2) is 5.82 Å². The number of thioether (sulfide) groups is 1. The average Bonchev–Trinajstić information content (AvgIpc) is 2.78. The largest absolute Gasteiger partial charge is 0.505 e.